The molecule has 1 aliphatic heterocycles. The summed E-state index contributed by atoms with van der Waals surface area (Å²) in [7, 11) is 0. The van der Waals surface area contributed by atoms with Crippen molar-refractivity contribution in [2.24, 2.45) is 23.7 Å². The predicted octanol–water partition coefficient (Wildman–Crippen LogP) is 5.40. The lowest BCUT2D eigenvalue weighted by Gasteiger charge is -2.37. The summed E-state index contributed by atoms with van der Waals surface area (Å²) in [5.74, 6) is -3.77. The minimum absolute atomic E-state index is 0.00992. The Balaban J connectivity index is 1.61. The molecule has 5 atom stereocenters. The summed E-state index contributed by atoms with van der Waals surface area (Å²) in [4.78, 5) is 55.0. The van der Waals surface area contributed by atoms with Crippen molar-refractivity contribution in [3.63, 3.8) is 0 Å². The quantitative estimate of drug-likeness (QED) is 0.262. The summed E-state index contributed by atoms with van der Waals surface area (Å²) in [6.45, 7) is 0. The van der Waals surface area contributed by atoms with Gasteiger partial charge in [-0.2, -0.15) is 5.01 Å². The zero-order valence-electron chi connectivity index (χ0n) is 19.0. The number of imide groups is 1. The van der Waals surface area contributed by atoms with Crippen LogP contribution in [-0.2, 0) is 9.59 Å². The van der Waals surface area contributed by atoms with E-state index in [1.807, 2.05) is 0 Å². The number of hydrogen-bond donors (Lipinski definition) is 0. The molecule has 10 heteroatoms. The highest BCUT2D eigenvalue weighted by Gasteiger charge is 2.63. The van der Waals surface area contributed by atoms with Crippen molar-refractivity contribution in [2.45, 2.75) is 31.7 Å². The van der Waals surface area contributed by atoms with Gasteiger partial charge in [0.15, 0.2) is 5.78 Å². The van der Waals surface area contributed by atoms with E-state index in [0.717, 1.165) is 41.4 Å². The fraction of sp³-hybridized carbons (Fsp3) is 0.385. The molecule has 36 heavy (non-hydrogen) atoms. The average molecular weight is 552 g/mol. The average Bonchev–Trinajstić information content (AvgIpc) is 3.53. The molecule has 0 unspecified atom stereocenters. The second-order valence-electron chi connectivity index (χ2n) is 9.51. The van der Waals surface area contributed by atoms with E-state index < -0.39 is 47.2 Å². The zero-order valence-corrected chi connectivity index (χ0v) is 21.3. The Morgan fingerprint density at radius 3 is 2.17 bits per heavy atom. The highest BCUT2D eigenvalue weighted by atomic mass is 35.5. The number of alkyl halides is 1. The molecule has 6 nitrogen and oxygen atoms in total. The van der Waals surface area contributed by atoms with Crippen LogP contribution in [-0.4, -0.2) is 45.4 Å². The number of rotatable bonds is 7. The maximum Gasteiger partial charge on any atom is 0.275 e. The Kier molecular flexibility index (Phi) is 6.83. The van der Waals surface area contributed by atoms with Gasteiger partial charge in [0.05, 0.1) is 22.4 Å². The first-order chi connectivity index (χ1) is 17.2. The lowest BCUT2D eigenvalue weighted by Crippen LogP contribution is -2.58. The van der Waals surface area contributed by atoms with Crippen LogP contribution in [0.25, 0.3) is 0 Å². The smallest absolute Gasteiger partial charge is 0.275 e. The van der Waals surface area contributed by atoms with E-state index in [9.17, 15) is 23.6 Å². The van der Waals surface area contributed by atoms with E-state index in [1.165, 1.54) is 30.3 Å². The van der Waals surface area contributed by atoms with E-state index in [0.29, 0.717) is 5.02 Å². The van der Waals surface area contributed by atoms with Crippen molar-refractivity contribution in [2.75, 3.05) is 5.88 Å². The molecule has 3 amide bonds. The van der Waals surface area contributed by atoms with Crippen molar-refractivity contribution in [3.05, 3.63) is 69.5 Å². The third-order valence-corrected chi connectivity index (χ3v) is 8.36. The SMILES string of the molecule is O=C(c1ccc(F)cc1)[C@H](CCCl)N(C(=O)c1ccc(Cl)cc1Cl)N1C(=O)[C@@H]2[C@H]3CC[C@@H](C3)[C@H]2C1=O. The van der Waals surface area contributed by atoms with Crippen LogP contribution in [0.5, 0.6) is 0 Å². The minimum Gasteiger partial charge on any atom is -0.292 e. The van der Waals surface area contributed by atoms with Crippen molar-refractivity contribution < 1.29 is 23.6 Å². The number of nitrogens with zero attached hydrogens (tertiary/aromatic N) is 2. The Morgan fingerprint density at radius 2 is 1.61 bits per heavy atom. The summed E-state index contributed by atoms with van der Waals surface area (Å²) in [5, 5.41) is 2.08. The predicted molar refractivity (Wildman–Crippen MR) is 132 cm³/mol. The number of hydrazine groups is 1. The number of halogens is 4. The first kappa shape index (κ1) is 25.2. The summed E-state index contributed by atoms with van der Waals surface area (Å²) in [5.41, 5.74) is 0.0963. The summed E-state index contributed by atoms with van der Waals surface area (Å²) >= 11 is 18.4. The molecule has 1 heterocycles. The van der Waals surface area contributed by atoms with Crippen LogP contribution in [0, 0.1) is 29.5 Å². The van der Waals surface area contributed by atoms with Gasteiger partial charge in [-0.05, 0) is 80.0 Å². The molecule has 0 aromatic heterocycles. The Hall–Kier alpha value is -2.48. The largest absolute Gasteiger partial charge is 0.292 e. The number of hydrogen-bond acceptors (Lipinski definition) is 4. The summed E-state index contributed by atoms with van der Waals surface area (Å²) < 4.78 is 13.5. The molecule has 0 radical (unpaired) electrons. The first-order valence-corrected chi connectivity index (χ1v) is 13.0. The number of fused-ring (bicyclic) bond motifs is 5. The van der Waals surface area contributed by atoms with E-state index in [-0.39, 0.29) is 40.3 Å². The van der Waals surface area contributed by atoms with Crippen LogP contribution in [0.1, 0.15) is 46.4 Å². The Morgan fingerprint density at radius 1 is 1.00 bits per heavy atom. The molecule has 2 aliphatic carbocycles. The van der Waals surface area contributed by atoms with Crippen molar-refractivity contribution in [1.82, 2.24) is 10.0 Å². The van der Waals surface area contributed by atoms with Gasteiger partial charge in [-0.3, -0.25) is 19.2 Å². The standard InChI is InChI=1S/C26H22Cl3FN2O4/c27-10-9-20(23(33)13-3-6-17(30)7-4-13)31(24(34)18-8-5-16(28)12-19(18)29)32-25(35)21-14-1-2-15(11-14)22(21)26(32)36/h3-8,12,14-15,20-22H,1-2,9-11H2/t14-,15-,20-,21+,22+/m0/s1. The molecular formula is C26H22Cl3FN2O4. The van der Waals surface area contributed by atoms with Gasteiger partial charge in [0.25, 0.3) is 17.7 Å². The number of carbonyl (C=O) groups excluding carboxylic acids is 4. The van der Waals surface area contributed by atoms with E-state index >= 15 is 0 Å². The number of Topliss-reactive ketones (excluding diaryl/α,β-unsaturated/α-hetero) is 1. The maximum absolute atomic E-state index is 14.0. The Labute approximate surface area is 222 Å². The lowest BCUT2D eigenvalue weighted by atomic mass is 9.81. The molecular weight excluding hydrogens is 530 g/mol. The zero-order chi connectivity index (χ0) is 25.7. The van der Waals surface area contributed by atoms with Gasteiger partial charge in [0.2, 0.25) is 0 Å². The molecule has 3 aliphatic rings. The van der Waals surface area contributed by atoms with E-state index in [1.54, 1.807) is 0 Å². The number of benzene rings is 2. The molecule has 1 saturated heterocycles. The third-order valence-electron chi connectivity index (χ3n) is 7.60. The lowest BCUT2D eigenvalue weighted by molar-refractivity contribution is -0.157. The molecule has 2 bridgehead atoms. The van der Waals surface area contributed by atoms with Gasteiger partial charge in [0, 0.05) is 16.5 Å². The van der Waals surface area contributed by atoms with E-state index in [2.05, 4.69) is 0 Å². The van der Waals surface area contributed by atoms with Crippen LogP contribution in [0.2, 0.25) is 10.0 Å². The second-order valence-corrected chi connectivity index (χ2v) is 10.7. The van der Waals surface area contributed by atoms with Gasteiger partial charge in [-0.25, -0.2) is 9.40 Å². The molecule has 0 N–H and O–H groups in total. The van der Waals surface area contributed by atoms with Crippen molar-refractivity contribution in [3.8, 4) is 0 Å². The maximum atomic E-state index is 14.0. The fourth-order valence-electron chi connectivity index (χ4n) is 6.04. The molecule has 2 saturated carbocycles. The topological polar surface area (TPSA) is 74.8 Å². The van der Waals surface area contributed by atoms with Crippen LogP contribution in [0.4, 0.5) is 4.39 Å². The van der Waals surface area contributed by atoms with E-state index in [4.69, 9.17) is 34.8 Å². The third kappa shape index (κ3) is 4.11. The van der Waals surface area contributed by atoms with Gasteiger partial charge in [0.1, 0.15) is 11.9 Å². The van der Waals surface area contributed by atoms with Crippen LogP contribution < -0.4 is 0 Å². The molecule has 0 spiro atoms. The van der Waals surface area contributed by atoms with Crippen LogP contribution >= 0.6 is 34.8 Å². The first-order valence-electron chi connectivity index (χ1n) is 11.7. The number of carbonyl (C=O) groups is 4. The van der Waals surface area contributed by atoms with Gasteiger partial charge >= 0.3 is 0 Å². The molecule has 5 rings (SSSR count). The molecule has 3 fully saturated rings. The fourth-order valence-corrected chi connectivity index (χ4v) is 6.73. The number of ketones is 1. The molecule has 188 valence electrons. The van der Waals surface area contributed by atoms with Gasteiger partial charge in [-0.1, -0.05) is 23.2 Å². The second kappa shape index (κ2) is 9.77. The number of amides is 3. The summed E-state index contributed by atoms with van der Waals surface area (Å²) in [6, 6.07) is 7.75. The normalized spacial score (nSPS) is 25.3. The highest BCUT2D eigenvalue weighted by Crippen LogP contribution is 2.56. The summed E-state index contributed by atoms with van der Waals surface area (Å²) in [6.07, 6.45) is 2.48. The molecule has 2 aromatic rings. The highest BCUT2D eigenvalue weighted by molar-refractivity contribution is 6.36. The van der Waals surface area contributed by atoms with Crippen molar-refractivity contribution in [1.29, 1.82) is 0 Å². The van der Waals surface area contributed by atoms with Crippen LogP contribution in [0.3, 0.4) is 0 Å². The van der Waals surface area contributed by atoms with Crippen LogP contribution in [0.15, 0.2) is 42.5 Å². The Bertz CT molecular complexity index is 1230. The van der Waals surface area contributed by atoms with Gasteiger partial charge < -0.3 is 0 Å². The monoisotopic (exact) mass is 550 g/mol. The van der Waals surface area contributed by atoms with Crippen molar-refractivity contribution >= 4 is 58.3 Å². The minimum atomic E-state index is -1.29. The molecule has 2 aromatic carbocycles. The van der Waals surface area contributed by atoms with Gasteiger partial charge in [-0.15, -0.1) is 11.6 Å².